The van der Waals surface area contributed by atoms with Crippen LogP contribution in [0.15, 0.2) is 67.0 Å². The molecule has 12 heteroatoms. The van der Waals surface area contributed by atoms with E-state index in [9.17, 15) is 27.6 Å². The summed E-state index contributed by atoms with van der Waals surface area (Å²) >= 11 is 6.50. The topological polar surface area (TPSA) is 95.5 Å². The fourth-order valence-electron chi connectivity index (χ4n) is 5.22. The summed E-state index contributed by atoms with van der Waals surface area (Å²) < 4.78 is 42.4. The minimum Gasteiger partial charge on any atom is -0.351 e. The monoisotopic (exact) mass is 571 g/mol. The Bertz CT molecular complexity index is 1430. The van der Waals surface area contributed by atoms with E-state index in [0.717, 1.165) is 15.9 Å². The molecular formula is C28H25ClF3N5O3. The van der Waals surface area contributed by atoms with Crippen LogP contribution in [0.5, 0.6) is 0 Å². The summed E-state index contributed by atoms with van der Waals surface area (Å²) in [5.74, 6) is -5.45. The van der Waals surface area contributed by atoms with E-state index >= 15 is 0 Å². The van der Waals surface area contributed by atoms with E-state index < -0.39 is 54.0 Å². The van der Waals surface area contributed by atoms with E-state index in [1.54, 1.807) is 18.2 Å². The molecule has 1 aliphatic carbocycles. The first kappa shape index (κ1) is 27.6. The first-order valence-electron chi connectivity index (χ1n) is 12.7. The maximum atomic E-state index is 14.5. The van der Waals surface area contributed by atoms with Crippen molar-refractivity contribution >= 4 is 41.0 Å². The van der Waals surface area contributed by atoms with Gasteiger partial charge in [-0.25, -0.2) is 23.1 Å². The van der Waals surface area contributed by atoms with E-state index in [2.05, 4.69) is 15.3 Å². The van der Waals surface area contributed by atoms with E-state index in [1.165, 1.54) is 42.7 Å². The van der Waals surface area contributed by atoms with Crippen LogP contribution >= 0.6 is 11.6 Å². The average molecular weight is 572 g/mol. The highest BCUT2D eigenvalue weighted by Gasteiger charge is 2.46. The zero-order valence-electron chi connectivity index (χ0n) is 21.1. The molecule has 2 fully saturated rings. The van der Waals surface area contributed by atoms with Gasteiger partial charge in [0.05, 0.1) is 0 Å². The van der Waals surface area contributed by atoms with Crippen molar-refractivity contribution in [3.8, 4) is 0 Å². The molecule has 1 saturated heterocycles. The Morgan fingerprint density at radius 3 is 2.50 bits per heavy atom. The largest absolute Gasteiger partial charge is 0.351 e. The van der Waals surface area contributed by atoms with Gasteiger partial charge in [-0.15, -0.1) is 0 Å². The van der Waals surface area contributed by atoms with Gasteiger partial charge in [0.15, 0.2) is 0 Å². The lowest BCUT2D eigenvalue weighted by molar-refractivity contribution is -0.127. The summed E-state index contributed by atoms with van der Waals surface area (Å²) in [5.41, 5.74) is 0.228. The van der Waals surface area contributed by atoms with Gasteiger partial charge >= 0.3 is 0 Å². The van der Waals surface area contributed by atoms with Crippen molar-refractivity contribution in [2.24, 2.45) is 0 Å². The van der Waals surface area contributed by atoms with E-state index in [1.807, 2.05) is 0 Å². The van der Waals surface area contributed by atoms with Crippen LogP contribution in [0.4, 0.5) is 24.8 Å². The van der Waals surface area contributed by atoms with Gasteiger partial charge in [-0.3, -0.25) is 24.2 Å². The van der Waals surface area contributed by atoms with Gasteiger partial charge in [-0.1, -0.05) is 35.9 Å². The van der Waals surface area contributed by atoms with Gasteiger partial charge in [0.25, 0.3) is 5.91 Å². The van der Waals surface area contributed by atoms with Crippen molar-refractivity contribution in [2.75, 3.05) is 9.80 Å². The van der Waals surface area contributed by atoms with Crippen molar-refractivity contribution in [1.82, 2.24) is 15.3 Å². The van der Waals surface area contributed by atoms with E-state index in [-0.39, 0.29) is 47.9 Å². The van der Waals surface area contributed by atoms with E-state index in [4.69, 9.17) is 11.6 Å². The van der Waals surface area contributed by atoms with Crippen LogP contribution < -0.4 is 15.1 Å². The number of aromatic nitrogens is 2. The molecule has 1 N–H and O–H groups in total. The summed E-state index contributed by atoms with van der Waals surface area (Å²) in [5, 5.41) is 2.79. The molecule has 1 saturated carbocycles. The molecule has 1 aliphatic heterocycles. The second kappa shape index (κ2) is 11.2. The summed E-state index contributed by atoms with van der Waals surface area (Å²) in [7, 11) is 0. The molecule has 40 heavy (non-hydrogen) atoms. The second-order valence-corrected chi connectivity index (χ2v) is 10.2. The number of nitrogens with zero attached hydrogens (tertiary/aromatic N) is 4. The molecule has 8 nitrogen and oxygen atoms in total. The maximum absolute atomic E-state index is 14.5. The molecule has 2 aliphatic rings. The highest BCUT2D eigenvalue weighted by Crippen LogP contribution is 2.38. The summed E-state index contributed by atoms with van der Waals surface area (Å²) in [6.45, 7) is 0. The Balaban J connectivity index is 1.60. The average Bonchev–Trinajstić information content (AvgIpc) is 3.48. The molecule has 0 radical (unpaired) electrons. The molecule has 2 heterocycles. The number of nitrogens with one attached hydrogen (secondary N) is 1. The van der Waals surface area contributed by atoms with Gasteiger partial charge in [0.1, 0.15) is 17.9 Å². The van der Waals surface area contributed by atoms with Crippen LogP contribution in [0.1, 0.15) is 43.7 Å². The first-order valence-corrected chi connectivity index (χ1v) is 13.1. The highest BCUT2D eigenvalue weighted by molar-refractivity contribution is 6.31. The number of rotatable bonds is 7. The molecule has 0 spiro atoms. The summed E-state index contributed by atoms with van der Waals surface area (Å²) in [6.07, 6.45) is 2.10. The Labute approximate surface area is 233 Å². The van der Waals surface area contributed by atoms with Crippen molar-refractivity contribution in [1.29, 1.82) is 0 Å². The zero-order valence-corrected chi connectivity index (χ0v) is 21.9. The van der Waals surface area contributed by atoms with Crippen molar-refractivity contribution in [3.63, 3.8) is 0 Å². The number of carbonyl (C=O) groups is 3. The van der Waals surface area contributed by atoms with E-state index in [0.29, 0.717) is 0 Å². The first-order chi connectivity index (χ1) is 19.1. The molecule has 1 aromatic heterocycles. The minimum absolute atomic E-state index is 0.00877. The number of anilines is 2. The van der Waals surface area contributed by atoms with Crippen molar-refractivity contribution in [2.45, 2.75) is 56.2 Å². The third-order valence-electron chi connectivity index (χ3n) is 7.04. The highest BCUT2D eigenvalue weighted by atomic mass is 35.5. The van der Waals surface area contributed by atoms with Crippen LogP contribution in [-0.4, -0.2) is 45.7 Å². The normalized spacial score (nSPS) is 20.8. The van der Waals surface area contributed by atoms with Gasteiger partial charge in [-0.05, 0) is 43.2 Å². The molecule has 3 aromatic rings. The van der Waals surface area contributed by atoms with Gasteiger partial charge in [0, 0.05) is 54.0 Å². The number of halogens is 4. The number of hydrogen-bond acceptors (Lipinski definition) is 5. The SMILES string of the molecule is O=C(N[C@H]1CCC(F)(F)C1)[C@H](c1ccccc1Cl)N(C(=O)[C@@H]1CCC(=O)N1c1ncccn1)c1cccc(F)c1. The maximum Gasteiger partial charge on any atom is 0.251 e. The van der Waals surface area contributed by atoms with Crippen LogP contribution in [0, 0.1) is 5.82 Å². The van der Waals surface area contributed by atoms with Crippen LogP contribution in [0.3, 0.4) is 0 Å². The van der Waals surface area contributed by atoms with Crippen molar-refractivity contribution in [3.05, 3.63) is 83.4 Å². The molecule has 5 rings (SSSR count). The zero-order chi connectivity index (χ0) is 28.4. The molecule has 208 valence electrons. The molecule has 2 aromatic carbocycles. The van der Waals surface area contributed by atoms with Gasteiger partial charge in [0.2, 0.25) is 23.7 Å². The predicted octanol–water partition coefficient (Wildman–Crippen LogP) is 4.84. The molecule has 0 unspecified atom stereocenters. The smallest absolute Gasteiger partial charge is 0.251 e. The number of amides is 3. The van der Waals surface area contributed by atoms with Crippen LogP contribution in [-0.2, 0) is 14.4 Å². The Morgan fingerprint density at radius 1 is 1.07 bits per heavy atom. The van der Waals surface area contributed by atoms with Crippen LogP contribution in [0.2, 0.25) is 5.02 Å². The molecule has 3 amide bonds. The predicted molar refractivity (Wildman–Crippen MR) is 141 cm³/mol. The Morgan fingerprint density at radius 2 is 1.82 bits per heavy atom. The summed E-state index contributed by atoms with van der Waals surface area (Å²) in [4.78, 5) is 51.6. The lowest BCUT2D eigenvalue weighted by Crippen LogP contribution is -2.53. The lowest BCUT2D eigenvalue weighted by atomic mass is 10.0. The van der Waals surface area contributed by atoms with Gasteiger partial charge < -0.3 is 5.32 Å². The Kier molecular flexibility index (Phi) is 7.75. The fourth-order valence-corrected chi connectivity index (χ4v) is 5.46. The third-order valence-corrected chi connectivity index (χ3v) is 7.39. The molecule has 0 bridgehead atoms. The van der Waals surface area contributed by atoms with Crippen LogP contribution in [0.25, 0.3) is 0 Å². The standard InChI is InChI=1S/C28H25ClF3N5O3/c29-21-8-2-1-7-20(21)24(25(39)35-18-11-12-28(31,32)16-18)36(19-6-3-5-17(30)15-19)26(40)22-9-10-23(38)37(22)27-33-13-4-14-34-27/h1-8,13-15,18,22,24H,9-12,16H2,(H,35,39)/t18-,22-,24-/m0/s1. The third kappa shape index (κ3) is 5.65. The number of alkyl halides is 2. The quantitative estimate of drug-likeness (QED) is 0.438. The lowest BCUT2D eigenvalue weighted by Gasteiger charge is -2.35. The number of hydrogen-bond donors (Lipinski definition) is 1. The Hall–Kier alpha value is -3.99. The fraction of sp³-hybridized carbons (Fsp3) is 0.321. The minimum atomic E-state index is -2.92. The van der Waals surface area contributed by atoms with Gasteiger partial charge in [-0.2, -0.15) is 0 Å². The van der Waals surface area contributed by atoms with Crippen molar-refractivity contribution < 1.29 is 27.6 Å². The number of carbonyl (C=O) groups excluding carboxylic acids is 3. The summed E-state index contributed by atoms with van der Waals surface area (Å²) in [6, 6.07) is 9.54. The molecular weight excluding hydrogens is 547 g/mol. The molecule has 3 atom stereocenters. The number of benzene rings is 2. The second-order valence-electron chi connectivity index (χ2n) is 9.78.